The van der Waals surface area contributed by atoms with Gasteiger partial charge >= 0.3 is 8.16 Å². The Labute approximate surface area is 216 Å². The van der Waals surface area contributed by atoms with E-state index < -0.39 is 8.16 Å². The average Bonchev–Trinajstić information content (AvgIpc) is 3.09. The van der Waals surface area contributed by atoms with Crippen molar-refractivity contribution in [3.63, 3.8) is 0 Å². The van der Waals surface area contributed by atoms with Crippen molar-refractivity contribution in [3.8, 4) is 0 Å². The summed E-state index contributed by atoms with van der Waals surface area (Å²) in [5, 5.41) is 2.79. The van der Waals surface area contributed by atoms with Gasteiger partial charge in [-0.3, -0.25) is 0 Å². The maximum absolute atomic E-state index is 7.06. The van der Waals surface area contributed by atoms with Gasteiger partial charge in [-0.2, -0.15) is 4.67 Å². The van der Waals surface area contributed by atoms with Crippen LogP contribution < -0.4 is 4.67 Å². The highest BCUT2D eigenvalue weighted by Crippen LogP contribution is 2.64. The minimum atomic E-state index is -1.16. The van der Waals surface area contributed by atoms with Crippen LogP contribution in [0.3, 0.4) is 0 Å². The molecule has 2 bridgehead atoms. The third-order valence-electron chi connectivity index (χ3n) is 11.2. The molecule has 3 saturated carbocycles. The molecule has 1 aliphatic heterocycles. The van der Waals surface area contributed by atoms with Crippen LogP contribution in [0.1, 0.15) is 87.5 Å². The standard InChI is InChI=1S/C32H40NO2P/c1-32(2)22-18-26(32)25-12-7-17-33(27(25)19-22)36-34-28-15-13-20-8-3-5-10-23(20)30(28)31-24-11-6-4-9-21(24)14-16-29(31)35-36/h13-16,22,25-27H,3-12,17-19H2,1-2H3/t22-,25-,26-,27+/m0/s1. The summed E-state index contributed by atoms with van der Waals surface area (Å²) in [6, 6.07) is 9.98. The molecule has 1 saturated heterocycles. The molecule has 2 heterocycles. The molecule has 9 rings (SSSR count). The van der Waals surface area contributed by atoms with E-state index in [2.05, 4.69) is 42.8 Å². The number of piperidine rings is 1. The van der Waals surface area contributed by atoms with Crippen LogP contribution in [0.5, 0.6) is 0 Å². The van der Waals surface area contributed by atoms with Crippen LogP contribution in [0.15, 0.2) is 32.7 Å². The van der Waals surface area contributed by atoms with E-state index in [-0.39, 0.29) is 0 Å². The molecule has 36 heavy (non-hydrogen) atoms. The van der Waals surface area contributed by atoms with Crippen LogP contribution in [0.2, 0.25) is 0 Å². The number of fused-ring (bicyclic) bond motifs is 7. The third kappa shape index (κ3) is 3.15. The van der Waals surface area contributed by atoms with Gasteiger partial charge in [0.25, 0.3) is 0 Å². The summed E-state index contributed by atoms with van der Waals surface area (Å²) in [6.07, 6.45) is 15.4. The predicted octanol–water partition coefficient (Wildman–Crippen LogP) is 8.83. The van der Waals surface area contributed by atoms with Gasteiger partial charge in [-0.05, 0) is 135 Å². The van der Waals surface area contributed by atoms with Crippen LogP contribution in [0.25, 0.3) is 21.9 Å². The first-order chi connectivity index (χ1) is 17.6. The molecule has 2 aromatic carbocycles. The smallest absolute Gasteiger partial charge is 0.309 e. The number of benzene rings is 2. The topological polar surface area (TPSA) is 29.5 Å². The van der Waals surface area contributed by atoms with Gasteiger partial charge in [-0.1, -0.05) is 26.0 Å². The highest BCUT2D eigenvalue weighted by atomic mass is 31.1. The van der Waals surface area contributed by atoms with E-state index in [1.165, 1.54) is 87.8 Å². The molecule has 0 amide bonds. The van der Waals surface area contributed by atoms with E-state index in [0.717, 1.165) is 35.5 Å². The SMILES string of the molecule is CC1(C)[C@@H]2C[C@@H]3[C@@H](CCCN3p3oc4ccc5c(c4c4c6c(ccc4o3)CCCC6)CCCC5)[C@@H]1C2. The fourth-order valence-corrected chi connectivity index (χ4v) is 10.8. The summed E-state index contributed by atoms with van der Waals surface area (Å²) < 4.78 is 16.8. The monoisotopic (exact) mass is 501 g/mol. The Hall–Kier alpha value is -1.70. The molecule has 3 nitrogen and oxygen atoms in total. The molecule has 3 aromatic rings. The molecule has 0 spiro atoms. The molecule has 6 aliphatic rings. The minimum Gasteiger partial charge on any atom is -0.408 e. The van der Waals surface area contributed by atoms with Crippen molar-refractivity contribution < 1.29 is 8.39 Å². The average molecular weight is 502 g/mol. The van der Waals surface area contributed by atoms with Crippen molar-refractivity contribution in [2.45, 2.75) is 96.9 Å². The zero-order chi connectivity index (χ0) is 24.0. The normalized spacial score (nSPS) is 30.8. The zero-order valence-electron chi connectivity index (χ0n) is 22.0. The number of aryl methyl sites for hydroxylation is 4. The highest BCUT2D eigenvalue weighted by Gasteiger charge is 2.59. The van der Waals surface area contributed by atoms with Gasteiger partial charge in [0, 0.05) is 23.4 Å². The van der Waals surface area contributed by atoms with Crippen LogP contribution >= 0.6 is 8.16 Å². The quantitative estimate of drug-likeness (QED) is 0.334. The highest BCUT2D eigenvalue weighted by molar-refractivity contribution is 7.39. The molecule has 4 heteroatoms. The summed E-state index contributed by atoms with van der Waals surface area (Å²) in [4.78, 5) is 0. The zero-order valence-corrected chi connectivity index (χ0v) is 22.9. The van der Waals surface area contributed by atoms with Crippen molar-refractivity contribution in [1.29, 1.82) is 0 Å². The van der Waals surface area contributed by atoms with Gasteiger partial charge in [-0.15, -0.1) is 0 Å². The minimum absolute atomic E-state index is 0.528. The van der Waals surface area contributed by atoms with Gasteiger partial charge in [0.1, 0.15) is 11.2 Å². The van der Waals surface area contributed by atoms with Crippen molar-refractivity contribution in [3.05, 3.63) is 46.5 Å². The van der Waals surface area contributed by atoms with Gasteiger partial charge in [0.05, 0.1) is 0 Å². The number of nitrogens with zero attached hydrogens (tertiary/aromatic N) is 1. The molecule has 0 radical (unpaired) electrons. The van der Waals surface area contributed by atoms with E-state index in [1.807, 2.05) is 0 Å². The summed E-state index contributed by atoms with van der Waals surface area (Å²) in [5.74, 6) is 2.55. The first-order valence-electron chi connectivity index (χ1n) is 14.8. The fraction of sp³-hybridized carbons (Fsp3) is 0.625. The summed E-state index contributed by atoms with van der Waals surface area (Å²) in [7, 11) is -1.16. The lowest BCUT2D eigenvalue weighted by molar-refractivity contribution is -0.121. The molecule has 4 fully saturated rings. The van der Waals surface area contributed by atoms with E-state index >= 15 is 0 Å². The first kappa shape index (κ1) is 22.3. The molecule has 4 atom stereocenters. The lowest BCUT2D eigenvalue weighted by Gasteiger charge is -2.64. The van der Waals surface area contributed by atoms with E-state index in [9.17, 15) is 0 Å². The second-order valence-corrected chi connectivity index (χ2v) is 14.5. The summed E-state index contributed by atoms with van der Waals surface area (Å²) in [5.41, 5.74) is 8.92. The first-order valence-corrected chi connectivity index (χ1v) is 15.9. The molecular formula is C32H40NO2P. The lowest BCUT2D eigenvalue weighted by Crippen LogP contribution is -2.62. The van der Waals surface area contributed by atoms with Gasteiger partial charge in [0.15, 0.2) is 0 Å². The van der Waals surface area contributed by atoms with E-state index in [1.54, 1.807) is 22.3 Å². The van der Waals surface area contributed by atoms with Gasteiger partial charge < -0.3 is 8.39 Å². The number of hydrogen-bond acceptors (Lipinski definition) is 3. The Morgan fingerprint density at radius 3 is 2.00 bits per heavy atom. The summed E-state index contributed by atoms with van der Waals surface area (Å²) >= 11 is 0. The fourth-order valence-electron chi connectivity index (χ4n) is 9.12. The Morgan fingerprint density at radius 2 is 1.39 bits per heavy atom. The maximum atomic E-state index is 7.06. The number of rotatable bonds is 1. The maximum Gasteiger partial charge on any atom is 0.309 e. The van der Waals surface area contributed by atoms with Crippen molar-refractivity contribution in [1.82, 2.24) is 0 Å². The molecule has 0 unspecified atom stereocenters. The molecular weight excluding hydrogens is 461 g/mol. The van der Waals surface area contributed by atoms with Crippen molar-refractivity contribution in [2.24, 2.45) is 23.2 Å². The second kappa shape index (κ2) is 8.15. The Balaban J connectivity index is 1.36. The largest absolute Gasteiger partial charge is 0.408 e. The summed E-state index contributed by atoms with van der Waals surface area (Å²) in [6.45, 7) is 6.18. The van der Waals surface area contributed by atoms with E-state index in [4.69, 9.17) is 8.39 Å². The molecule has 5 aliphatic carbocycles. The predicted molar refractivity (Wildman–Crippen MR) is 149 cm³/mol. The number of hydrogen-bond donors (Lipinski definition) is 0. The van der Waals surface area contributed by atoms with Crippen LogP contribution in [-0.4, -0.2) is 12.6 Å². The van der Waals surface area contributed by atoms with Crippen molar-refractivity contribution in [2.75, 3.05) is 11.2 Å². The van der Waals surface area contributed by atoms with Crippen molar-refractivity contribution >= 4 is 30.1 Å². The molecule has 190 valence electrons. The van der Waals surface area contributed by atoms with Crippen LogP contribution in [-0.2, 0) is 25.7 Å². The lowest BCUT2D eigenvalue weighted by atomic mass is 9.43. The Bertz CT molecular complexity index is 1330. The molecule has 0 N–H and O–H groups in total. The Kier molecular flexibility index (Phi) is 5.05. The van der Waals surface area contributed by atoms with E-state index in [0.29, 0.717) is 11.5 Å². The van der Waals surface area contributed by atoms with Gasteiger partial charge in [-0.25, -0.2) is 0 Å². The van der Waals surface area contributed by atoms with Crippen LogP contribution in [0.4, 0.5) is 0 Å². The Morgan fingerprint density at radius 1 is 0.778 bits per heavy atom. The van der Waals surface area contributed by atoms with Gasteiger partial charge in [0.2, 0.25) is 0 Å². The third-order valence-corrected chi connectivity index (χ3v) is 12.8. The second-order valence-electron chi connectivity index (χ2n) is 13.1. The van der Waals surface area contributed by atoms with Crippen LogP contribution in [0, 0.1) is 23.2 Å². The molecule has 1 aromatic heterocycles.